The number of rotatable bonds is 4. The van der Waals surface area contributed by atoms with E-state index in [1.807, 2.05) is 25.1 Å². The number of carbonyl (C=O) groups is 1. The largest absolute Gasteiger partial charge is 0.459 e. The summed E-state index contributed by atoms with van der Waals surface area (Å²) in [6.07, 6.45) is 6.32. The summed E-state index contributed by atoms with van der Waals surface area (Å²) in [5, 5.41) is 0. The van der Waals surface area contributed by atoms with Gasteiger partial charge in [-0.05, 0) is 31.4 Å². The van der Waals surface area contributed by atoms with E-state index in [2.05, 4.69) is 0 Å². The topological polar surface area (TPSA) is 26.3 Å². The van der Waals surface area contributed by atoms with Crippen LogP contribution in [0.2, 0.25) is 0 Å². The summed E-state index contributed by atoms with van der Waals surface area (Å²) in [6, 6.07) is 9.21. The van der Waals surface area contributed by atoms with Crippen LogP contribution in [0.5, 0.6) is 0 Å². The molecule has 1 aromatic carbocycles. The van der Waals surface area contributed by atoms with Crippen LogP contribution < -0.4 is 0 Å². The number of carbonyl (C=O) groups excluding carboxylic acids is 1. The van der Waals surface area contributed by atoms with Crippen molar-refractivity contribution in [3.05, 3.63) is 35.9 Å². The lowest BCUT2D eigenvalue weighted by Crippen LogP contribution is -2.17. The van der Waals surface area contributed by atoms with Gasteiger partial charge in [-0.1, -0.05) is 43.9 Å². The van der Waals surface area contributed by atoms with Gasteiger partial charge in [-0.2, -0.15) is 0 Å². The van der Waals surface area contributed by atoms with E-state index in [0.29, 0.717) is 5.56 Å². The summed E-state index contributed by atoms with van der Waals surface area (Å²) >= 11 is 0. The van der Waals surface area contributed by atoms with E-state index >= 15 is 0 Å². The van der Waals surface area contributed by atoms with E-state index < -0.39 is 0 Å². The normalized spacial score (nSPS) is 17.9. The van der Waals surface area contributed by atoms with Gasteiger partial charge in [-0.25, -0.2) is 4.79 Å². The summed E-state index contributed by atoms with van der Waals surface area (Å²) in [4.78, 5) is 11.8. The fraction of sp³-hybridized carbons (Fsp3) is 0.533. The van der Waals surface area contributed by atoms with Crippen molar-refractivity contribution >= 4 is 5.97 Å². The zero-order valence-corrected chi connectivity index (χ0v) is 10.4. The highest BCUT2D eigenvalue weighted by Gasteiger charge is 2.20. The Kier molecular flexibility index (Phi) is 4.18. The van der Waals surface area contributed by atoms with Gasteiger partial charge in [0.15, 0.2) is 0 Å². The van der Waals surface area contributed by atoms with Crippen LogP contribution in [0.4, 0.5) is 0 Å². The van der Waals surface area contributed by atoms with E-state index in [-0.39, 0.29) is 12.1 Å². The molecule has 0 unspecified atom stereocenters. The van der Waals surface area contributed by atoms with Gasteiger partial charge in [-0.15, -0.1) is 0 Å². The van der Waals surface area contributed by atoms with Gasteiger partial charge < -0.3 is 4.74 Å². The zero-order chi connectivity index (χ0) is 12.1. The monoisotopic (exact) mass is 232 g/mol. The van der Waals surface area contributed by atoms with Crippen LogP contribution in [0.15, 0.2) is 30.3 Å². The van der Waals surface area contributed by atoms with Crippen LogP contribution in [0.1, 0.15) is 49.4 Å². The minimum absolute atomic E-state index is 0.0332. The lowest BCUT2D eigenvalue weighted by Gasteiger charge is -2.17. The second-order valence-electron chi connectivity index (χ2n) is 4.97. The number of hydrogen-bond acceptors (Lipinski definition) is 2. The Bertz CT molecular complexity index is 352. The maximum atomic E-state index is 11.8. The summed E-state index contributed by atoms with van der Waals surface area (Å²) < 4.78 is 5.46. The third kappa shape index (κ3) is 3.58. The van der Waals surface area contributed by atoms with Gasteiger partial charge in [0.05, 0.1) is 11.7 Å². The standard InChI is InChI=1S/C15H20O2/c1-12(11-13-7-5-6-8-13)17-15(16)14-9-3-2-4-10-14/h2-4,9-10,12-13H,5-8,11H2,1H3/t12-/m1/s1. The Labute approximate surface area is 103 Å². The highest BCUT2D eigenvalue weighted by atomic mass is 16.5. The molecule has 1 fully saturated rings. The Hall–Kier alpha value is -1.31. The Morgan fingerprint density at radius 2 is 1.94 bits per heavy atom. The Morgan fingerprint density at radius 3 is 2.59 bits per heavy atom. The van der Waals surface area contributed by atoms with Crippen LogP contribution in [-0.2, 0) is 4.74 Å². The molecule has 2 nitrogen and oxygen atoms in total. The minimum atomic E-state index is -0.198. The summed E-state index contributed by atoms with van der Waals surface area (Å²) in [6.45, 7) is 2.00. The molecule has 0 saturated heterocycles. The highest BCUT2D eigenvalue weighted by Crippen LogP contribution is 2.29. The molecular formula is C15H20O2. The van der Waals surface area contributed by atoms with Crippen LogP contribution in [-0.4, -0.2) is 12.1 Å². The fourth-order valence-electron chi connectivity index (χ4n) is 2.59. The molecule has 17 heavy (non-hydrogen) atoms. The molecule has 1 atom stereocenters. The molecule has 0 amide bonds. The molecular weight excluding hydrogens is 212 g/mol. The van der Waals surface area contributed by atoms with Crippen LogP contribution in [0, 0.1) is 5.92 Å². The van der Waals surface area contributed by atoms with Gasteiger partial charge >= 0.3 is 5.97 Å². The van der Waals surface area contributed by atoms with Crippen molar-refractivity contribution < 1.29 is 9.53 Å². The molecule has 92 valence electrons. The molecule has 1 aromatic rings. The predicted octanol–water partition coefficient (Wildman–Crippen LogP) is 3.81. The number of hydrogen-bond donors (Lipinski definition) is 0. The van der Waals surface area contributed by atoms with Crippen LogP contribution in [0.25, 0.3) is 0 Å². The van der Waals surface area contributed by atoms with E-state index in [0.717, 1.165) is 12.3 Å². The molecule has 0 aromatic heterocycles. The van der Waals surface area contributed by atoms with Crippen molar-refractivity contribution in [2.45, 2.75) is 45.1 Å². The van der Waals surface area contributed by atoms with Crippen LogP contribution >= 0.6 is 0 Å². The third-order valence-corrected chi connectivity index (χ3v) is 3.46. The van der Waals surface area contributed by atoms with Crippen molar-refractivity contribution in [2.24, 2.45) is 5.92 Å². The fourth-order valence-corrected chi connectivity index (χ4v) is 2.59. The molecule has 0 aliphatic heterocycles. The first kappa shape index (κ1) is 12.2. The van der Waals surface area contributed by atoms with Crippen molar-refractivity contribution in [2.75, 3.05) is 0 Å². The first-order valence-corrected chi connectivity index (χ1v) is 6.51. The molecule has 0 N–H and O–H groups in total. The molecule has 2 rings (SSSR count). The maximum absolute atomic E-state index is 11.8. The Morgan fingerprint density at radius 1 is 1.29 bits per heavy atom. The number of esters is 1. The molecule has 2 heteroatoms. The van der Waals surface area contributed by atoms with E-state index in [1.165, 1.54) is 25.7 Å². The maximum Gasteiger partial charge on any atom is 0.338 e. The average molecular weight is 232 g/mol. The van der Waals surface area contributed by atoms with Gasteiger partial charge in [0.2, 0.25) is 0 Å². The molecule has 0 radical (unpaired) electrons. The quantitative estimate of drug-likeness (QED) is 0.738. The van der Waals surface area contributed by atoms with Crippen molar-refractivity contribution in [3.8, 4) is 0 Å². The van der Waals surface area contributed by atoms with Crippen molar-refractivity contribution in [1.29, 1.82) is 0 Å². The summed E-state index contributed by atoms with van der Waals surface area (Å²) in [5.74, 6) is 0.560. The van der Waals surface area contributed by atoms with Gasteiger partial charge in [0.1, 0.15) is 0 Å². The lowest BCUT2D eigenvalue weighted by molar-refractivity contribution is 0.0290. The molecule has 0 spiro atoms. The van der Waals surface area contributed by atoms with Crippen molar-refractivity contribution in [1.82, 2.24) is 0 Å². The summed E-state index contributed by atoms with van der Waals surface area (Å²) in [7, 11) is 0. The molecule has 1 aliphatic rings. The second-order valence-corrected chi connectivity index (χ2v) is 4.97. The average Bonchev–Trinajstić information content (AvgIpc) is 2.82. The molecule has 0 heterocycles. The minimum Gasteiger partial charge on any atom is -0.459 e. The van der Waals surface area contributed by atoms with Crippen LogP contribution in [0.3, 0.4) is 0 Å². The van der Waals surface area contributed by atoms with Gasteiger partial charge in [0, 0.05) is 0 Å². The predicted molar refractivity (Wildman–Crippen MR) is 67.9 cm³/mol. The third-order valence-electron chi connectivity index (χ3n) is 3.46. The molecule has 1 aliphatic carbocycles. The zero-order valence-electron chi connectivity index (χ0n) is 10.4. The first-order chi connectivity index (χ1) is 8.25. The SMILES string of the molecule is C[C@H](CC1CCCC1)OC(=O)c1ccccc1. The molecule has 1 saturated carbocycles. The lowest BCUT2D eigenvalue weighted by atomic mass is 10.0. The summed E-state index contributed by atoms with van der Waals surface area (Å²) in [5.41, 5.74) is 0.644. The number of ether oxygens (including phenoxy) is 1. The van der Waals surface area contributed by atoms with Crippen molar-refractivity contribution in [3.63, 3.8) is 0 Å². The van der Waals surface area contributed by atoms with Gasteiger partial charge in [-0.3, -0.25) is 0 Å². The first-order valence-electron chi connectivity index (χ1n) is 6.51. The molecule has 0 bridgehead atoms. The number of benzene rings is 1. The van der Waals surface area contributed by atoms with Gasteiger partial charge in [0.25, 0.3) is 0 Å². The van der Waals surface area contributed by atoms with E-state index in [9.17, 15) is 4.79 Å². The Balaban J connectivity index is 1.81. The smallest absolute Gasteiger partial charge is 0.338 e. The van der Waals surface area contributed by atoms with E-state index in [4.69, 9.17) is 4.74 Å². The van der Waals surface area contributed by atoms with E-state index in [1.54, 1.807) is 12.1 Å². The highest BCUT2D eigenvalue weighted by molar-refractivity contribution is 5.89. The second kappa shape index (κ2) is 5.85.